The third-order valence-corrected chi connectivity index (χ3v) is 4.24. The quantitative estimate of drug-likeness (QED) is 0.373. The monoisotopic (exact) mass is 468 g/mol. The molecule has 1 atom stereocenters. The summed E-state index contributed by atoms with van der Waals surface area (Å²) in [5.41, 5.74) is -6.10. The minimum atomic E-state index is -5.03. The van der Waals surface area contributed by atoms with Crippen LogP contribution in [-0.2, 0) is 32.2 Å². The van der Waals surface area contributed by atoms with E-state index in [-0.39, 0.29) is 15.2 Å². The van der Waals surface area contributed by atoms with Crippen LogP contribution in [0.5, 0.6) is 0 Å². The summed E-state index contributed by atoms with van der Waals surface area (Å²) in [6, 6.07) is 1.24. The largest absolute Gasteiger partial charge is 0.464 e. The predicted octanol–water partition coefficient (Wildman–Crippen LogP) is 1.65. The highest BCUT2D eigenvalue weighted by atomic mass is 35.5. The van der Waals surface area contributed by atoms with Crippen LogP contribution in [0.15, 0.2) is 27.8 Å². The van der Waals surface area contributed by atoms with E-state index in [1.165, 1.54) is 0 Å². The number of halogens is 5. The topological polar surface area (TPSA) is 106 Å². The summed E-state index contributed by atoms with van der Waals surface area (Å²) in [6.07, 6.45) is -6.84. The second-order valence-electron chi connectivity index (χ2n) is 5.82. The number of nitrogens with zero attached hydrogens (tertiary/aromatic N) is 2. The van der Waals surface area contributed by atoms with Gasteiger partial charge in [0.05, 0.1) is 23.4 Å². The van der Waals surface area contributed by atoms with Crippen LogP contribution in [0, 0.1) is 5.82 Å². The molecule has 1 aromatic carbocycles. The molecule has 1 unspecified atom stereocenters. The first-order valence-corrected chi connectivity index (χ1v) is 8.42. The lowest BCUT2D eigenvalue weighted by Gasteiger charge is -2.16. The van der Waals surface area contributed by atoms with Crippen LogP contribution in [0.25, 0.3) is 5.69 Å². The van der Waals surface area contributed by atoms with Gasteiger partial charge in [-0.1, -0.05) is 11.6 Å². The molecule has 0 saturated heterocycles. The zero-order chi connectivity index (χ0) is 23.7. The van der Waals surface area contributed by atoms with Crippen LogP contribution in [-0.4, -0.2) is 41.6 Å². The number of rotatable bonds is 5. The van der Waals surface area contributed by atoms with Crippen LogP contribution >= 0.6 is 11.6 Å². The summed E-state index contributed by atoms with van der Waals surface area (Å²) in [5.74, 6) is -3.72. The zero-order valence-corrected chi connectivity index (χ0v) is 16.7. The van der Waals surface area contributed by atoms with E-state index in [2.05, 4.69) is 9.47 Å². The van der Waals surface area contributed by atoms with Crippen molar-refractivity contribution in [1.29, 1.82) is 0 Å². The van der Waals surface area contributed by atoms with Crippen molar-refractivity contribution in [3.05, 3.63) is 61.1 Å². The van der Waals surface area contributed by atoms with Crippen LogP contribution < -0.4 is 11.2 Å². The van der Waals surface area contributed by atoms with Crippen molar-refractivity contribution in [2.24, 2.45) is 7.05 Å². The molecule has 31 heavy (non-hydrogen) atoms. The molecule has 2 rings (SSSR count). The summed E-state index contributed by atoms with van der Waals surface area (Å²) in [6.45, 7) is 0. The van der Waals surface area contributed by atoms with Crippen LogP contribution in [0.1, 0.15) is 16.1 Å². The van der Waals surface area contributed by atoms with E-state index in [9.17, 15) is 36.7 Å². The number of ether oxygens (including phenoxy) is 3. The molecule has 0 bridgehead atoms. The van der Waals surface area contributed by atoms with Crippen LogP contribution in [0.4, 0.5) is 17.6 Å². The van der Waals surface area contributed by atoms with Crippen molar-refractivity contribution in [2.45, 2.75) is 12.5 Å². The van der Waals surface area contributed by atoms with Crippen molar-refractivity contribution >= 4 is 23.5 Å². The van der Waals surface area contributed by atoms with E-state index in [1.54, 1.807) is 0 Å². The van der Waals surface area contributed by atoms with Gasteiger partial charge in [0.15, 0.2) is 0 Å². The van der Waals surface area contributed by atoms with Gasteiger partial charge < -0.3 is 14.2 Å². The van der Waals surface area contributed by atoms with Gasteiger partial charge in [0.2, 0.25) is 0 Å². The smallest absolute Gasteiger partial charge is 0.431 e. The van der Waals surface area contributed by atoms with Crippen molar-refractivity contribution in [2.75, 3.05) is 14.2 Å². The standard InChI is InChI=1S/C17H13ClF4N2O7/c1-23-11(17(20,21)22)6-12(25)24(16(23)28)10-4-7(8(18)5-9(10)19)13(26)31-15(30-3)14(27)29-2/h4-6,15H,1-3H3. The van der Waals surface area contributed by atoms with E-state index in [1.807, 2.05) is 0 Å². The molecule has 2 aromatic rings. The zero-order valence-electron chi connectivity index (χ0n) is 16.0. The van der Waals surface area contributed by atoms with Crippen molar-refractivity contribution in [1.82, 2.24) is 9.13 Å². The molecule has 0 aliphatic heterocycles. The Morgan fingerprint density at radius 2 is 1.74 bits per heavy atom. The number of benzene rings is 1. The van der Waals surface area contributed by atoms with Crippen LogP contribution in [0.3, 0.4) is 0 Å². The molecule has 14 heteroatoms. The van der Waals surface area contributed by atoms with Gasteiger partial charge in [-0.05, 0) is 12.1 Å². The summed E-state index contributed by atoms with van der Waals surface area (Å²) >= 11 is 5.80. The van der Waals surface area contributed by atoms with Gasteiger partial charge in [-0.3, -0.25) is 9.36 Å². The Labute approximate surface area is 175 Å². The minimum Gasteiger partial charge on any atom is -0.464 e. The first-order chi connectivity index (χ1) is 14.3. The highest BCUT2D eigenvalue weighted by Gasteiger charge is 2.35. The normalized spacial score (nSPS) is 12.4. The molecule has 0 saturated carbocycles. The fourth-order valence-electron chi connectivity index (χ4n) is 2.43. The van der Waals surface area contributed by atoms with Crippen molar-refractivity contribution in [3.63, 3.8) is 0 Å². The lowest BCUT2D eigenvalue weighted by Crippen LogP contribution is -2.41. The Hall–Kier alpha value is -3.19. The molecular formula is C17H13ClF4N2O7. The second-order valence-corrected chi connectivity index (χ2v) is 6.23. The number of methoxy groups -OCH3 is 2. The Bertz CT molecular complexity index is 1160. The van der Waals surface area contributed by atoms with Gasteiger partial charge in [0, 0.05) is 20.2 Å². The molecule has 168 valence electrons. The number of carbonyl (C=O) groups excluding carboxylic acids is 2. The maximum Gasteiger partial charge on any atom is 0.431 e. The molecular weight excluding hydrogens is 456 g/mol. The van der Waals surface area contributed by atoms with E-state index in [0.717, 1.165) is 21.3 Å². The molecule has 0 N–H and O–H groups in total. The number of alkyl halides is 3. The molecule has 9 nitrogen and oxygen atoms in total. The molecule has 0 fully saturated rings. The SMILES string of the molecule is COC(=O)C(OC)OC(=O)c1cc(-n2c(=O)cc(C(F)(F)F)n(C)c2=O)c(F)cc1Cl. The van der Waals surface area contributed by atoms with Gasteiger partial charge in [-0.2, -0.15) is 13.2 Å². The maximum atomic E-state index is 14.5. The first-order valence-electron chi connectivity index (χ1n) is 8.04. The van der Waals surface area contributed by atoms with Gasteiger partial charge in [0.1, 0.15) is 11.5 Å². The van der Waals surface area contributed by atoms with Crippen molar-refractivity contribution < 1.29 is 41.4 Å². The fraction of sp³-hybridized carbons (Fsp3) is 0.294. The predicted molar refractivity (Wildman–Crippen MR) is 95.5 cm³/mol. The number of esters is 2. The number of aromatic nitrogens is 2. The third-order valence-electron chi connectivity index (χ3n) is 3.93. The summed E-state index contributed by atoms with van der Waals surface area (Å²) in [5, 5.41) is -0.539. The van der Waals surface area contributed by atoms with Crippen molar-refractivity contribution in [3.8, 4) is 5.69 Å². The molecule has 0 spiro atoms. The molecule has 1 heterocycles. The Morgan fingerprint density at radius 3 is 2.26 bits per heavy atom. The molecule has 0 radical (unpaired) electrons. The maximum absolute atomic E-state index is 14.5. The number of carbonyl (C=O) groups is 2. The molecule has 0 amide bonds. The highest BCUT2D eigenvalue weighted by Crippen LogP contribution is 2.28. The second kappa shape index (κ2) is 8.89. The Balaban J connectivity index is 2.65. The van der Waals surface area contributed by atoms with E-state index >= 15 is 0 Å². The Kier molecular flexibility index (Phi) is 6.91. The Morgan fingerprint density at radius 1 is 1.13 bits per heavy atom. The molecule has 0 aliphatic carbocycles. The summed E-state index contributed by atoms with van der Waals surface area (Å²) in [4.78, 5) is 48.4. The van der Waals surface area contributed by atoms with E-state index in [0.29, 0.717) is 12.1 Å². The molecule has 1 aromatic heterocycles. The van der Waals surface area contributed by atoms with Gasteiger partial charge >= 0.3 is 30.1 Å². The van der Waals surface area contributed by atoms with Gasteiger partial charge in [-0.25, -0.2) is 23.3 Å². The highest BCUT2D eigenvalue weighted by molar-refractivity contribution is 6.33. The van der Waals surface area contributed by atoms with E-state index in [4.69, 9.17) is 16.3 Å². The lowest BCUT2D eigenvalue weighted by atomic mass is 10.2. The first kappa shape index (κ1) is 24.1. The van der Waals surface area contributed by atoms with Gasteiger partial charge in [0.25, 0.3) is 5.56 Å². The van der Waals surface area contributed by atoms with Gasteiger partial charge in [-0.15, -0.1) is 0 Å². The third kappa shape index (κ3) is 4.77. The fourth-order valence-corrected chi connectivity index (χ4v) is 2.66. The summed E-state index contributed by atoms with van der Waals surface area (Å²) in [7, 11) is 2.72. The van der Waals surface area contributed by atoms with E-state index < -0.39 is 63.4 Å². The van der Waals surface area contributed by atoms with Crippen LogP contribution in [0.2, 0.25) is 5.02 Å². The average molecular weight is 469 g/mol. The lowest BCUT2D eigenvalue weighted by molar-refractivity contribution is -0.175. The number of hydrogen-bond acceptors (Lipinski definition) is 7. The summed E-state index contributed by atoms with van der Waals surface area (Å²) < 4.78 is 67.3. The minimum absolute atomic E-state index is 0.0752. The molecule has 0 aliphatic rings. The number of hydrogen-bond donors (Lipinski definition) is 0. The average Bonchev–Trinajstić information content (AvgIpc) is 2.68.